The van der Waals surface area contributed by atoms with Gasteiger partial charge in [-0.25, -0.2) is 4.39 Å². The number of Topliss-reactive ketones (excluding diaryl/α,β-unsaturated/α-hetero) is 1. The molecule has 0 bridgehead atoms. The molecule has 0 radical (unpaired) electrons. The molecule has 2 rings (SSSR count). The summed E-state index contributed by atoms with van der Waals surface area (Å²) in [6, 6.07) is 2.86. The Bertz CT molecular complexity index is 404. The molecule has 15 heavy (non-hydrogen) atoms. The molecule has 1 N–H and O–H groups in total. The molecule has 0 unspecified atom stereocenters. The van der Waals surface area contributed by atoms with Gasteiger partial charge in [0.05, 0.1) is 18.7 Å². The van der Waals surface area contributed by atoms with Crippen LogP contribution >= 0.6 is 0 Å². The summed E-state index contributed by atoms with van der Waals surface area (Å²) in [4.78, 5) is 11.7. The van der Waals surface area contributed by atoms with Crippen molar-refractivity contribution in [1.82, 2.24) is 5.32 Å². The molecule has 1 aromatic carbocycles. The van der Waals surface area contributed by atoms with Crippen molar-refractivity contribution in [2.75, 3.05) is 20.2 Å². The molecular weight excluding hydrogens is 197 g/mol. The van der Waals surface area contributed by atoms with Crippen LogP contribution in [0, 0.1) is 5.82 Å². The van der Waals surface area contributed by atoms with Gasteiger partial charge < -0.3 is 10.1 Å². The van der Waals surface area contributed by atoms with E-state index in [1.54, 1.807) is 13.1 Å². The SMILES string of the molecule is CNCC(=O)c1c(F)ccc2c1CCO2. The first-order chi connectivity index (χ1) is 7.24. The first-order valence-electron chi connectivity index (χ1n) is 4.86. The van der Waals surface area contributed by atoms with Crippen LogP contribution in [0.25, 0.3) is 0 Å². The van der Waals surface area contributed by atoms with E-state index in [9.17, 15) is 9.18 Å². The highest BCUT2D eigenvalue weighted by Gasteiger charge is 2.23. The molecule has 1 aliphatic heterocycles. The number of hydrogen-bond acceptors (Lipinski definition) is 3. The van der Waals surface area contributed by atoms with Gasteiger partial charge in [-0.2, -0.15) is 0 Å². The van der Waals surface area contributed by atoms with Gasteiger partial charge in [-0.05, 0) is 19.2 Å². The summed E-state index contributed by atoms with van der Waals surface area (Å²) in [5.41, 5.74) is 0.884. The summed E-state index contributed by atoms with van der Waals surface area (Å²) in [5, 5.41) is 2.73. The van der Waals surface area contributed by atoms with Gasteiger partial charge in [0.1, 0.15) is 11.6 Å². The van der Waals surface area contributed by atoms with Crippen LogP contribution in [-0.2, 0) is 6.42 Å². The predicted octanol–water partition coefficient (Wildman–Crippen LogP) is 1.16. The molecule has 0 atom stereocenters. The van der Waals surface area contributed by atoms with E-state index >= 15 is 0 Å². The van der Waals surface area contributed by atoms with Crippen molar-refractivity contribution < 1.29 is 13.9 Å². The van der Waals surface area contributed by atoms with Crippen molar-refractivity contribution in [3.63, 3.8) is 0 Å². The van der Waals surface area contributed by atoms with Crippen molar-refractivity contribution in [2.24, 2.45) is 0 Å². The Hall–Kier alpha value is -1.42. The standard InChI is InChI=1S/C11H12FNO2/c1-13-6-9(14)11-7-4-5-15-10(7)3-2-8(11)12/h2-3,13H,4-6H2,1H3. The zero-order valence-corrected chi connectivity index (χ0v) is 8.47. The number of carbonyl (C=O) groups is 1. The van der Waals surface area contributed by atoms with Crippen LogP contribution in [-0.4, -0.2) is 26.0 Å². The van der Waals surface area contributed by atoms with Crippen LogP contribution in [0.3, 0.4) is 0 Å². The Morgan fingerprint density at radius 1 is 1.60 bits per heavy atom. The van der Waals surface area contributed by atoms with Crippen LogP contribution in [0.4, 0.5) is 4.39 Å². The van der Waals surface area contributed by atoms with Crippen LogP contribution < -0.4 is 10.1 Å². The number of fused-ring (bicyclic) bond motifs is 1. The highest BCUT2D eigenvalue weighted by molar-refractivity contribution is 6.00. The van der Waals surface area contributed by atoms with Crippen LogP contribution in [0.5, 0.6) is 5.75 Å². The predicted molar refractivity (Wildman–Crippen MR) is 53.9 cm³/mol. The normalized spacial score (nSPS) is 13.5. The lowest BCUT2D eigenvalue weighted by molar-refractivity contribution is 0.0989. The Morgan fingerprint density at radius 3 is 3.13 bits per heavy atom. The second kappa shape index (κ2) is 3.98. The number of benzene rings is 1. The molecule has 0 saturated carbocycles. The Kier molecular flexibility index (Phi) is 2.68. The highest BCUT2D eigenvalue weighted by Crippen LogP contribution is 2.30. The first-order valence-corrected chi connectivity index (χ1v) is 4.86. The average molecular weight is 209 g/mol. The summed E-state index contributed by atoms with van der Waals surface area (Å²) < 4.78 is 18.8. The third-order valence-corrected chi connectivity index (χ3v) is 2.44. The quantitative estimate of drug-likeness (QED) is 0.759. The van der Waals surface area contributed by atoms with Crippen molar-refractivity contribution in [3.05, 3.63) is 29.1 Å². The van der Waals surface area contributed by atoms with Crippen molar-refractivity contribution in [1.29, 1.82) is 0 Å². The van der Waals surface area contributed by atoms with Gasteiger partial charge in [-0.15, -0.1) is 0 Å². The number of ether oxygens (including phenoxy) is 1. The molecule has 80 valence electrons. The lowest BCUT2D eigenvalue weighted by atomic mass is 10.0. The average Bonchev–Trinajstić information content (AvgIpc) is 2.65. The molecule has 1 aliphatic rings. The topological polar surface area (TPSA) is 38.3 Å². The van der Waals surface area contributed by atoms with Gasteiger partial charge in [-0.1, -0.05) is 0 Å². The fourth-order valence-corrected chi connectivity index (χ4v) is 1.80. The summed E-state index contributed by atoms with van der Waals surface area (Å²) in [6.45, 7) is 0.673. The van der Waals surface area contributed by atoms with E-state index in [0.29, 0.717) is 24.3 Å². The molecule has 1 heterocycles. The first kappa shape index (κ1) is 10.1. The van der Waals surface area contributed by atoms with E-state index in [0.717, 1.165) is 0 Å². The minimum absolute atomic E-state index is 0.146. The van der Waals surface area contributed by atoms with Gasteiger partial charge in [0.2, 0.25) is 0 Å². The number of rotatable bonds is 3. The zero-order valence-electron chi connectivity index (χ0n) is 8.47. The van der Waals surface area contributed by atoms with E-state index < -0.39 is 5.82 Å². The van der Waals surface area contributed by atoms with Crippen molar-refractivity contribution in [2.45, 2.75) is 6.42 Å². The minimum Gasteiger partial charge on any atom is -0.493 e. The molecule has 0 spiro atoms. The molecule has 0 saturated heterocycles. The summed E-state index contributed by atoms with van der Waals surface area (Å²) in [7, 11) is 1.66. The number of ketones is 1. The third kappa shape index (κ3) is 1.72. The maximum Gasteiger partial charge on any atom is 0.179 e. The van der Waals surface area contributed by atoms with E-state index in [-0.39, 0.29) is 17.9 Å². The number of halogens is 1. The Morgan fingerprint density at radius 2 is 2.40 bits per heavy atom. The second-order valence-electron chi connectivity index (χ2n) is 3.45. The molecule has 0 aromatic heterocycles. The molecule has 1 aromatic rings. The second-order valence-corrected chi connectivity index (χ2v) is 3.45. The molecule has 3 nitrogen and oxygen atoms in total. The Labute approximate surface area is 87.2 Å². The van der Waals surface area contributed by atoms with E-state index in [2.05, 4.69) is 5.32 Å². The number of nitrogens with one attached hydrogen (secondary N) is 1. The summed E-state index contributed by atoms with van der Waals surface area (Å²) in [5.74, 6) is -0.0484. The molecule has 0 amide bonds. The van der Waals surface area contributed by atoms with E-state index in [4.69, 9.17) is 4.74 Å². The van der Waals surface area contributed by atoms with Gasteiger partial charge in [0.15, 0.2) is 5.78 Å². The zero-order chi connectivity index (χ0) is 10.8. The summed E-state index contributed by atoms with van der Waals surface area (Å²) >= 11 is 0. The fraction of sp³-hybridized carbons (Fsp3) is 0.364. The van der Waals surface area contributed by atoms with E-state index in [1.807, 2.05) is 0 Å². The van der Waals surface area contributed by atoms with E-state index in [1.165, 1.54) is 6.07 Å². The molecule has 4 heteroatoms. The highest BCUT2D eigenvalue weighted by atomic mass is 19.1. The maximum absolute atomic E-state index is 13.5. The monoisotopic (exact) mass is 209 g/mol. The van der Waals surface area contributed by atoms with Gasteiger partial charge in [0, 0.05) is 12.0 Å². The Balaban J connectivity index is 2.45. The van der Waals surface area contributed by atoms with Gasteiger partial charge in [0.25, 0.3) is 0 Å². The third-order valence-electron chi connectivity index (χ3n) is 2.44. The molecule has 0 fully saturated rings. The molecule has 0 aliphatic carbocycles. The largest absolute Gasteiger partial charge is 0.493 e. The van der Waals surface area contributed by atoms with Crippen molar-refractivity contribution >= 4 is 5.78 Å². The smallest absolute Gasteiger partial charge is 0.179 e. The lowest BCUT2D eigenvalue weighted by Crippen LogP contribution is -2.20. The van der Waals surface area contributed by atoms with Gasteiger partial charge >= 0.3 is 0 Å². The fourth-order valence-electron chi connectivity index (χ4n) is 1.80. The van der Waals surface area contributed by atoms with Crippen LogP contribution in [0.1, 0.15) is 15.9 Å². The van der Waals surface area contributed by atoms with Crippen LogP contribution in [0.15, 0.2) is 12.1 Å². The number of likely N-dealkylation sites (N-methyl/N-ethyl adjacent to an activating group) is 1. The lowest BCUT2D eigenvalue weighted by Gasteiger charge is -2.07. The van der Waals surface area contributed by atoms with Crippen LogP contribution in [0.2, 0.25) is 0 Å². The number of hydrogen-bond donors (Lipinski definition) is 1. The summed E-state index contributed by atoms with van der Waals surface area (Å²) in [6.07, 6.45) is 0.609. The molecular formula is C11H12FNO2. The van der Waals surface area contributed by atoms with Crippen molar-refractivity contribution in [3.8, 4) is 5.75 Å². The van der Waals surface area contributed by atoms with Gasteiger partial charge in [-0.3, -0.25) is 4.79 Å². The minimum atomic E-state index is -0.459. The number of carbonyl (C=O) groups excluding carboxylic acids is 1. The maximum atomic E-state index is 13.5.